The summed E-state index contributed by atoms with van der Waals surface area (Å²) in [5.41, 5.74) is 3.63. The summed E-state index contributed by atoms with van der Waals surface area (Å²) in [6.07, 6.45) is 2.80. The van der Waals surface area contributed by atoms with Crippen LogP contribution >= 0.6 is 15.9 Å². The molecule has 1 aromatic carbocycles. The number of nitrogens with one attached hydrogen (secondary N) is 1. The number of hydrogen-bond acceptors (Lipinski definition) is 2. The van der Waals surface area contributed by atoms with Crippen LogP contribution in [0.15, 0.2) is 47.1 Å². The Morgan fingerprint density at radius 2 is 2.06 bits per heavy atom. The van der Waals surface area contributed by atoms with Crippen molar-refractivity contribution in [2.75, 3.05) is 7.05 Å². The molecule has 0 amide bonds. The average molecular weight is 305 g/mol. The van der Waals surface area contributed by atoms with Crippen LogP contribution in [0, 0.1) is 6.92 Å². The summed E-state index contributed by atoms with van der Waals surface area (Å²) in [7, 11) is 1.98. The van der Waals surface area contributed by atoms with Crippen molar-refractivity contribution in [1.29, 1.82) is 0 Å². The highest BCUT2D eigenvalue weighted by molar-refractivity contribution is 9.10. The molecule has 1 atom stereocenters. The van der Waals surface area contributed by atoms with E-state index in [0.717, 1.165) is 16.6 Å². The van der Waals surface area contributed by atoms with Gasteiger partial charge >= 0.3 is 0 Å². The Labute approximate surface area is 117 Å². The van der Waals surface area contributed by atoms with E-state index in [1.54, 1.807) is 0 Å². The molecule has 3 heteroatoms. The van der Waals surface area contributed by atoms with E-state index in [9.17, 15) is 0 Å². The topological polar surface area (TPSA) is 24.9 Å². The zero-order valence-electron chi connectivity index (χ0n) is 10.7. The van der Waals surface area contributed by atoms with Gasteiger partial charge in [0.1, 0.15) is 0 Å². The summed E-state index contributed by atoms with van der Waals surface area (Å²) < 4.78 is 1.15. The van der Waals surface area contributed by atoms with Crippen LogP contribution in [0.25, 0.3) is 0 Å². The highest BCUT2D eigenvalue weighted by Gasteiger charge is 2.12. The predicted molar refractivity (Wildman–Crippen MR) is 78.6 cm³/mol. The fourth-order valence-corrected chi connectivity index (χ4v) is 2.44. The molecule has 0 aliphatic rings. The van der Waals surface area contributed by atoms with Crippen molar-refractivity contribution < 1.29 is 0 Å². The smallest absolute Gasteiger partial charge is 0.0579 e. The second-order valence-corrected chi connectivity index (χ2v) is 5.25. The van der Waals surface area contributed by atoms with Gasteiger partial charge in [-0.05, 0) is 49.7 Å². The molecule has 1 aromatic heterocycles. The maximum absolute atomic E-state index is 4.46. The molecule has 0 bridgehead atoms. The normalized spacial score (nSPS) is 12.4. The molecule has 0 saturated carbocycles. The quantitative estimate of drug-likeness (QED) is 0.932. The SMILES string of the molecule is CNC(Cc1ccccc1Br)c1cc(C)ccn1. The Hall–Kier alpha value is -1.19. The number of aryl methyl sites for hydroxylation is 1. The van der Waals surface area contributed by atoms with E-state index in [1.165, 1.54) is 11.1 Å². The first kappa shape index (κ1) is 13.2. The van der Waals surface area contributed by atoms with Gasteiger partial charge in [0.05, 0.1) is 11.7 Å². The predicted octanol–water partition coefficient (Wildman–Crippen LogP) is 3.66. The van der Waals surface area contributed by atoms with E-state index in [4.69, 9.17) is 0 Å². The van der Waals surface area contributed by atoms with Gasteiger partial charge in [0.2, 0.25) is 0 Å². The second kappa shape index (κ2) is 6.12. The van der Waals surface area contributed by atoms with Gasteiger partial charge in [-0.1, -0.05) is 34.1 Å². The molecule has 0 aliphatic heterocycles. The average Bonchev–Trinajstić information content (AvgIpc) is 2.38. The zero-order valence-corrected chi connectivity index (χ0v) is 12.2. The first-order valence-corrected chi connectivity index (χ1v) is 6.83. The van der Waals surface area contributed by atoms with Gasteiger partial charge in [-0.3, -0.25) is 4.98 Å². The lowest BCUT2D eigenvalue weighted by atomic mass is 10.0. The molecule has 1 N–H and O–H groups in total. The van der Waals surface area contributed by atoms with Crippen molar-refractivity contribution in [3.05, 3.63) is 63.9 Å². The van der Waals surface area contributed by atoms with Crippen molar-refractivity contribution in [2.24, 2.45) is 0 Å². The molecule has 0 aliphatic carbocycles. The van der Waals surface area contributed by atoms with Gasteiger partial charge < -0.3 is 5.32 Å². The third-order valence-corrected chi connectivity index (χ3v) is 3.80. The molecule has 94 valence electrons. The van der Waals surface area contributed by atoms with Gasteiger partial charge in [0, 0.05) is 10.7 Å². The van der Waals surface area contributed by atoms with Crippen LogP contribution in [0.2, 0.25) is 0 Å². The Kier molecular flexibility index (Phi) is 4.50. The van der Waals surface area contributed by atoms with Crippen LogP contribution in [0.3, 0.4) is 0 Å². The summed E-state index contributed by atoms with van der Waals surface area (Å²) in [6, 6.07) is 12.7. The molecule has 2 nitrogen and oxygen atoms in total. The zero-order chi connectivity index (χ0) is 13.0. The molecule has 0 saturated heterocycles. The second-order valence-electron chi connectivity index (χ2n) is 4.39. The molecular formula is C15H17BrN2. The van der Waals surface area contributed by atoms with E-state index < -0.39 is 0 Å². The lowest BCUT2D eigenvalue weighted by Crippen LogP contribution is -2.20. The van der Waals surface area contributed by atoms with Crippen LogP contribution in [0.1, 0.15) is 22.9 Å². The maximum atomic E-state index is 4.46. The minimum absolute atomic E-state index is 0.239. The maximum Gasteiger partial charge on any atom is 0.0579 e. The number of benzene rings is 1. The summed E-state index contributed by atoms with van der Waals surface area (Å²) in [5.74, 6) is 0. The van der Waals surface area contributed by atoms with Crippen LogP contribution < -0.4 is 5.32 Å². The minimum Gasteiger partial charge on any atom is -0.311 e. The number of rotatable bonds is 4. The van der Waals surface area contributed by atoms with E-state index in [-0.39, 0.29) is 6.04 Å². The largest absolute Gasteiger partial charge is 0.311 e. The Bertz CT molecular complexity index is 525. The van der Waals surface area contributed by atoms with E-state index in [0.29, 0.717) is 0 Å². The van der Waals surface area contributed by atoms with Crippen LogP contribution in [-0.2, 0) is 6.42 Å². The van der Waals surface area contributed by atoms with Gasteiger partial charge in [-0.15, -0.1) is 0 Å². The first-order chi connectivity index (χ1) is 8.70. The summed E-state index contributed by atoms with van der Waals surface area (Å²) in [4.78, 5) is 4.46. The monoisotopic (exact) mass is 304 g/mol. The van der Waals surface area contributed by atoms with Gasteiger partial charge in [0.25, 0.3) is 0 Å². The molecular weight excluding hydrogens is 288 g/mol. The van der Waals surface area contributed by atoms with Crippen molar-refractivity contribution in [3.63, 3.8) is 0 Å². The third-order valence-electron chi connectivity index (χ3n) is 3.02. The van der Waals surface area contributed by atoms with Crippen LogP contribution in [0.5, 0.6) is 0 Å². The van der Waals surface area contributed by atoms with Gasteiger partial charge in [0.15, 0.2) is 0 Å². The fraction of sp³-hybridized carbons (Fsp3) is 0.267. The third kappa shape index (κ3) is 3.18. The summed E-state index contributed by atoms with van der Waals surface area (Å²) in [6.45, 7) is 2.09. The van der Waals surface area contributed by atoms with Gasteiger partial charge in [-0.2, -0.15) is 0 Å². The van der Waals surface area contributed by atoms with Crippen molar-refractivity contribution in [3.8, 4) is 0 Å². The van der Waals surface area contributed by atoms with E-state index >= 15 is 0 Å². The number of halogens is 1. The van der Waals surface area contributed by atoms with Crippen molar-refractivity contribution in [1.82, 2.24) is 10.3 Å². The van der Waals surface area contributed by atoms with Crippen LogP contribution in [-0.4, -0.2) is 12.0 Å². The lowest BCUT2D eigenvalue weighted by molar-refractivity contribution is 0.574. The van der Waals surface area contributed by atoms with E-state index in [2.05, 4.69) is 57.4 Å². The molecule has 0 radical (unpaired) electrons. The van der Waals surface area contributed by atoms with Crippen molar-refractivity contribution in [2.45, 2.75) is 19.4 Å². The van der Waals surface area contributed by atoms with Crippen molar-refractivity contribution >= 4 is 15.9 Å². The highest BCUT2D eigenvalue weighted by atomic mass is 79.9. The Balaban J connectivity index is 2.23. The number of nitrogens with zero attached hydrogens (tertiary/aromatic N) is 1. The number of pyridine rings is 1. The molecule has 1 heterocycles. The molecule has 0 fully saturated rings. The summed E-state index contributed by atoms with van der Waals surface area (Å²) in [5, 5.41) is 3.34. The minimum atomic E-state index is 0.239. The fourth-order valence-electron chi connectivity index (χ4n) is 1.99. The Morgan fingerprint density at radius 3 is 2.72 bits per heavy atom. The van der Waals surface area contributed by atoms with Crippen LogP contribution in [0.4, 0.5) is 0 Å². The molecule has 2 rings (SSSR count). The Morgan fingerprint density at radius 1 is 1.28 bits per heavy atom. The first-order valence-electron chi connectivity index (χ1n) is 6.04. The summed E-state index contributed by atoms with van der Waals surface area (Å²) >= 11 is 3.59. The highest BCUT2D eigenvalue weighted by Crippen LogP contribution is 2.22. The molecule has 2 aromatic rings. The standard InChI is InChI=1S/C15H17BrN2/c1-11-7-8-18-15(9-11)14(17-2)10-12-5-3-4-6-13(12)16/h3-9,14,17H,10H2,1-2H3. The van der Waals surface area contributed by atoms with Gasteiger partial charge in [-0.25, -0.2) is 0 Å². The number of likely N-dealkylation sites (N-methyl/N-ethyl adjacent to an activating group) is 1. The number of hydrogen-bond donors (Lipinski definition) is 1. The molecule has 1 unspecified atom stereocenters. The number of aromatic nitrogens is 1. The molecule has 18 heavy (non-hydrogen) atoms. The van der Waals surface area contributed by atoms with E-state index in [1.807, 2.05) is 25.4 Å². The lowest BCUT2D eigenvalue weighted by Gasteiger charge is -2.17. The molecule has 0 spiro atoms.